The Morgan fingerprint density at radius 3 is 2.67 bits per heavy atom. The van der Waals surface area contributed by atoms with Gasteiger partial charge in [-0.2, -0.15) is 5.10 Å². The lowest BCUT2D eigenvalue weighted by molar-refractivity contribution is -0.120. The van der Waals surface area contributed by atoms with Crippen molar-refractivity contribution in [1.82, 2.24) is 10.7 Å². The Morgan fingerprint density at radius 2 is 2.07 bits per heavy atom. The molecule has 1 aliphatic carbocycles. The number of nitrogens with one attached hydrogen (secondary N) is 2. The number of hydrogen-bond donors (Lipinski definition) is 2. The third-order valence-electron chi connectivity index (χ3n) is 2.85. The van der Waals surface area contributed by atoms with Gasteiger partial charge in [0.15, 0.2) is 0 Å². The van der Waals surface area contributed by atoms with Crippen LogP contribution in [0.3, 0.4) is 0 Å². The fraction of sp³-hybridized carbons (Fsp3) is 0.700. The van der Waals surface area contributed by atoms with Crippen LogP contribution in [0.15, 0.2) is 5.10 Å². The average molecular weight is 209 g/mol. The smallest absolute Gasteiger partial charge is 0.268 e. The molecule has 1 aliphatic heterocycles. The van der Waals surface area contributed by atoms with E-state index in [9.17, 15) is 9.59 Å². The zero-order valence-electron chi connectivity index (χ0n) is 8.58. The van der Waals surface area contributed by atoms with Gasteiger partial charge in [0, 0.05) is 6.04 Å². The van der Waals surface area contributed by atoms with Crippen molar-refractivity contribution in [3.05, 3.63) is 0 Å². The molecule has 0 bridgehead atoms. The predicted octanol–water partition coefficient (Wildman–Crippen LogP) is 0.311. The predicted molar refractivity (Wildman–Crippen MR) is 55.2 cm³/mol. The first-order valence-electron chi connectivity index (χ1n) is 5.42. The third kappa shape index (κ3) is 2.55. The van der Waals surface area contributed by atoms with E-state index < -0.39 is 0 Å². The summed E-state index contributed by atoms with van der Waals surface area (Å²) in [6, 6.07) is 0.268. The van der Waals surface area contributed by atoms with Gasteiger partial charge in [0.05, 0.1) is 6.42 Å². The van der Waals surface area contributed by atoms with E-state index in [1.807, 2.05) is 0 Å². The third-order valence-corrected chi connectivity index (χ3v) is 2.85. The molecule has 5 nitrogen and oxygen atoms in total. The largest absolute Gasteiger partial charge is 0.348 e. The number of carbonyl (C=O) groups excluding carboxylic acids is 2. The van der Waals surface area contributed by atoms with Crippen molar-refractivity contribution in [2.75, 3.05) is 0 Å². The van der Waals surface area contributed by atoms with E-state index in [0.29, 0.717) is 5.71 Å². The Hall–Kier alpha value is -1.39. The fourth-order valence-electron chi connectivity index (χ4n) is 2.01. The van der Waals surface area contributed by atoms with Gasteiger partial charge >= 0.3 is 0 Å². The van der Waals surface area contributed by atoms with Crippen LogP contribution in [0.25, 0.3) is 0 Å². The highest BCUT2D eigenvalue weighted by atomic mass is 16.2. The van der Waals surface area contributed by atoms with Gasteiger partial charge in [-0.1, -0.05) is 19.3 Å². The van der Waals surface area contributed by atoms with E-state index >= 15 is 0 Å². The monoisotopic (exact) mass is 209 g/mol. The molecule has 0 aromatic heterocycles. The fourth-order valence-corrected chi connectivity index (χ4v) is 2.01. The molecule has 1 heterocycles. The molecule has 2 rings (SSSR count). The SMILES string of the molecule is O=C1CC(C(=O)NC2CCCCC2)=NN1. The minimum atomic E-state index is -0.205. The van der Waals surface area contributed by atoms with Crippen LogP contribution in [0.4, 0.5) is 0 Å². The molecule has 0 spiro atoms. The molecule has 0 aromatic rings. The first-order valence-corrected chi connectivity index (χ1v) is 5.42. The van der Waals surface area contributed by atoms with Crippen molar-refractivity contribution in [1.29, 1.82) is 0 Å². The first kappa shape index (κ1) is 10.1. The molecule has 0 atom stereocenters. The second-order valence-corrected chi connectivity index (χ2v) is 4.08. The Kier molecular flexibility index (Phi) is 2.99. The van der Waals surface area contributed by atoms with Crippen LogP contribution in [0.5, 0.6) is 0 Å². The summed E-state index contributed by atoms with van der Waals surface area (Å²) in [5.74, 6) is -0.399. The quantitative estimate of drug-likeness (QED) is 0.687. The Labute approximate surface area is 88.3 Å². The van der Waals surface area contributed by atoms with Gasteiger partial charge < -0.3 is 5.32 Å². The second kappa shape index (κ2) is 4.42. The average Bonchev–Trinajstić information content (AvgIpc) is 2.66. The summed E-state index contributed by atoms with van der Waals surface area (Å²) in [4.78, 5) is 22.5. The summed E-state index contributed by atoms with van der Waals surface area (Å²) >= 11 is 0. The molecular formula is C10H15N3O2. The Morgan fingerprint density at radius 1 is 1.33 bits per heavy atom. The Balaban J connectivity index is 1.83. The van der Waals surface area contributed by atoms with Gasteiger partial charge in [-0.05, 0) is 12.8 Å². The molecular weight excluding hydrogens is 194 g/mol. The maximum absolute atomic E-state index is 11.6. The molecule has 82 valence electrons. The van der Waals surface area contributed by atoms with Crippen LogP contribution < -0.4 is 10.7 Å². The van der Waals surface area contributed by atoms with Gasteiger partial charge in [0.1, 0.15) is 5.71 Å². The minimum absolute atomic E-state index is 0.110. The van der Waals surface area contributed by atoms with Crippen molar-refractivity contribution in [2.45, 2.75) is 44.6 Å². The summed E-state index contributed by atoms with van der Waals surface area (Å²) in [7, 11) is 0. The Bertz CT molecular complexity index is 306. The highest BCUT2D eigenvalue weighted by Gasteiger charge is 2.24. The van der Waals surface area contributed by atoms with Gasteiger partial charge in [0.25, 0.3) is 5.91 Å². The molecule has 5 heteroatoms. The van der Waals surface area contributed by atoms with Gasteiger partial charge in [-0.15, -0.1) is 0 Å². The number of amides is 2. The van der Waals surface area contributed by atoms with Crippen LogP contribution in [-0.4, -0.2) is 23.6 Å². The molecule has 15 heavy (non-hydrogen) atoms. The lowest BCUT2D eigenvalue weighted by atomic mass is 9.95. The van der Waals surface area contributed by atoms with Crippen LogP contribution in [0, 0.1) is 0 Å². The zero-order valence-corrected chi connectivity index (χ0v) is 8.58. The number of hydrazone groups is 1. The van der Waals surface area contributed by atoms with Crippen LogP contribution in [-0.2, 0) is 9.59 Å². The van der Waals surface area contributed by atoms with Gasteiger partial charge in [-0.25, -0.2) is 5.43 Å². The van der Waals surface area contributed by atoms with E-state index in [-0.39, 0.29) is 24.3 Å². The van der Waals surface area contributed by atoms with Crippen molar-refractivity contribution < 1.29 is 9.59 Å². The summed E-state index contributed by atoms with van der Waals surface area (Å²) in [5, 5.41) is 6.61. The summed E-state index contributed by atoms with van der Waals surface area (Å²) in [5.41, 5.74) is 2.59. The summed E-state index contributed by atoms with van der Waals surface area (Å²) < 4.78 is 0. The second-order valence-electron chi connectivity index (χ2n) is 4.08. The lowest BCUT2D eigenvalue weighted by Gasteiger charge is -2.22. The van der Waals surface area contributed by atoms with E-state index in [1.165, 1.54) is 19.3 Å². The van der Waals surface area contributed by atoms with E-state index in [1.54, 1.807) is 0 Å². The number of nitrogens with zero attached hydrogens (tertiary/aromatic N) is 1. The first-order chi connectivity index (χ1) is 7.25. The molecule has 0 aromatic carbocycles. The molecule has 1 fully saturated rings. The van der Waals surface area contributed by atoms with Crippen LogP contribution >= 0.6 is 0 Å². The molecule has 0 radical (unpaired) electrons. The van der Waals surface area contributed by atoms with Crippen molar-refractivity contribution in [3.63, 3.8) is 0 Å². The summed E-state index contributed by atoms with van der Waals surface area (Å²) in [6.07, 6.45) is 5.80. The number of rotatable bonds is 2. The topological polar surface area (TPSA) is 70.6 Å². The molecule has 2 N–H and O–H groups in total. The minimum Gasteiger partial charge on any atom is -0.348 e. The van der Waals surface area contributed by atoms with Crippen molar-refractivity contribution in [2.24, 2.45) is 5.10 Å². The molecule has 1 saturated carbocycles. The van der Waals surface area contributed by atoms with E-state index in [2.05, 4.69) is 15.8 Å². The van der Waals surface area contributed by atoms with Crippen LogP contribution in [0.1, 0.15) is 38.5 Å². The van der Waals surface area contributed by atoms with Crippen molar-refractivity contribution in [3.8, 4) is 0 Å². The van der Waals surface area contributed by atoms with E-state index in [0.717, 1.165) is 12.8 Å². The molecule has 2 aliphatic rings. The normalized spacial score (nSPS) is 22.1. The van der Waals surface area contributed by atoms with Crippen molar-refractivity contribution >= 4 is 17.5 Å². The van der Waals surface area contributed by atoms with Gasteiger partial charge in [0.2, 0.25) is 5.91 Å². The van der Waals surface area contributed by atoms with E-state index in [4.69, 9.17) is 0 Å². The molecule has 2 amide bonds. The lowest BCUT2D eigenvalue weighted by Crippen LogP contribution is -2.40. The number of hydrogen-bond acceptors (Lipinski definition) is 3. The van der Waals surface area contributed by atoms with Crippen LogP contribution in [0.2, 0.25) is 0 Å². The maximum atomic E-state index is 11.6. The summed E-state index contributed by atoms with van der Waals surface area (Å²) in [6.45, 7) is 0. The van der Waals surface area contributed by atoms with Gasteiger partial charge in [-0.3, -0.25) is 9.59 Å². The molecule has 0 unspecified atom stereocenters. The number of carbonyl (C=O) groups is 2. The highest BCUT2D eigenvalue weighted by molar-refractivity contribution is 6.43. The maximum Gasteiger partial charge on any atom is 0.268 e. The zero-order chi connectivity index (χ0) is 10.7. The molecule has 0 saturated heterocycles. The standard InChI is InChI=1S/C10H15N3O2/c14-9-6-8(12-13-9)10(15)11-7-4-2-1-3-5-7/h7H,1-6H2,(H,11,15)(H,13,14). The highest BCUT2D eigenvalue weighted by Crippen LogP contribution is 2.17.